The maximum Gasteiger partial charge on any atom is 0.232 e. The van der Waals surface area contributed by atoms with E-state index in [1.54, 1.807) is 18.9 Å². The van der Waals surface area contributed by atoms with Crippen LogP contribution in [-0.2, 0) is 17.0 Å². The number of imidazole rings is 1. The Balaban J connectivity index is 1.55. The quantitative estimate of drug-likeness (QED) is 0.414. The number of rotatable bonds is 8. The lowest BCUT2D eigenvalue weighted by molar-refractivity contribution is 0.186. The van der Waals surface area contributed by atoms with Crippen LogP contribution in [0.15, 0.2) is 53.7 Å². The van der Waals surface area contributed by atoms with Crippen LogP contribution in [-0.4, -0.2) is 38.2 Å². The lowest BCUT2D eigenvalue weighted by atomic mass is 10.2. The molecule has 2 aromatic heterocycles. The predicted molar refractivity (Wildman–Crippen MR) is 120 cm³/mol. The van der Waals surface area contributed by atoms with E-state index in [0.29, 0.717) is 24.1 Å². The van der Waals surface area contributed by atoms with Crippen LogP contribution in [0.4, 0.5) is 17.6 Å². The summed E-state index contributed by atoms with van der Waals surface area (Å²) in [7, 11) is 1.70. The summed E-state index contributed by atoms with van der Waals surface area (Å²) in [5.41, 5.74) is 9.99. The molecule has 9 heteroatoms. The van der Waals surface area contributed by atoms with Crippen molar-refractivity contribution >= 4 is 40.4 Å². The molecule has 0 spiro atoms. The summed E-state index contributed by atoms with van der Waals surface area (Å²) in [6.45, 7) is 3.35. The average Bonchev–Trinajstić information content (AvgIpc) is 3.09. The fourth-order valence-electron chi connectivity index (χ4n) is 3.08. The van der Waals surface area contributed by atoms with Crippen molar-refractivity contribution in [3.8, 4) is 0 Å². The molecule has 0 atom stereocenters. The fourth-order valence-corrected chi connectivity index (χ4v) is 3.98. The lowest BCUT2D eigenvalue weighted by Gasteiger charge is -2.10. The number of benzene rings is 2. The van der Waals surface area contributed by atoms with Crippen molar-refractivity contribution in [2.24, 2.45) is 0 Å². The number of nitrogens with two attached hydrogens (primary N) is 1. The van der Waals surface area contributed by atoms with Gasteiger partial charge in [0.2, 0.25) is 11.9 Å². The number of aryl methyl sites for hydroxylation is 1. The molecular weight excluding hydrogens is 398 g/mol. The average molecular weight is 422 g/mol. The van der Waals surface area contributed by atoms with Crippen molar-refractivity contribution in [1.29, 1.82) is 0 Å². The first-order valence-electron chi connectivity index (χ1n) is 9.54. The number of para-hydroxylation sites is 3. The number of methoxy groups -OCH3 is 1. The van der Waals surface area contributed by atoms with Crippen LogP contribution in [0.1, 0.15) is 11.4 Å². The molecule has 154 valence electrons. The van der Waals surface area contributed by atoms with E-state index in [0.717, 1.165) is 34.0 Å². The van der Waals surface area contributed by atoms with Crippen LogP contribution < -0.4 is 11.1 Å². The van der Waals surface area contributed by atoms with Crippen molar-refractivity contribution in [1.82, 2.24) is 24.5 Å². The van der Waals surface area contributed by atoms with E-state index in [1.807, 2.05) is 49.4 Å². The van der Waals surface area contributed by atoms with E-state index in [9.17, 15) is 0 Å². The number of nitrogens with zero attached hydrogens (tertiary/aromatic N) is 5. The molecule has 30 heavy (non-hydrogen) atoms. The Hall–Kier alpha value is -3.17. The Morgan fingerprint density at radius 1 is 1.03 bits per heavy atom. The van der Waals surface area contributed by atoms with Gasteiger partial charge in [0.25, 0.3) is 0 Å². The minimum absolute atomic E-state index is 0.185. The van der Waals surface area contributed by atoms with Crippen molar-refractivity contribution in [2.75, 3.05) is 24.8 Å². The van der Waals surface area contributed by atoms with Gasteiger partial charge in [-0.15, -0.1) is 0 Å². The number of aromatic nitrogens is 5. The maximum atomic E-state index is 5.93. The molecule has 0 saturated heterocycles. The van der Waals surface area contributed by atoms with E-state index in [-0.39, 0.29) is 5.95 Å². The first kappa shape index (κ1) is 20.1. The zero-order valence-corrected chi connectivity index (χ0v) is 17.7. The highest BCUT2D eigenvalue weighted by molar-refractivity contribution is 7.98. The van der Waals surface area contributed by atoms with Gasteiger partial charge in [0.15, 0.2) is 5.16 Å². The number of thioether (sulfide) groups is 1. The number of hydrogen-bond donors (Lipinski definition) is 2. The second kappa shape index (κ2) is 9.10. The third kappa shape index (κ3) is 4.52. The number of nitrogen functional groups attached to an aromatic ring is 1. The van der Waals surface area contributed by atoms with E-state index in [2.05, 4.69) is 30.9 Å². The third-order valence-corrected chi connectivity index (χ3v) is 5.53. The summed E-state index contributed by atoms with van der Waals surface area (Å²) in [5.74, 6) is 1.73. The Kier molecular flexibility index (Phi) is 6.10. The highest BCUT2D eigenvalue weighted by Crippen LogP contribution is 2.26. The molecule has 2 heterocycles. The van der Waals surface area contributed by atoms with Gasteiger partial charge in [0, 0.05) is 19.3 Å². The monoisotopic (exact) mass is 421 g/mol. The third-order valence-electron chi connectivity index (χ3n) is 4.56. The Morgan fingerprint density at radius 2 is 1.83 bits per heavy atom. The van der Waals surface area contributed by atoms with E-state index < -0.39 is 0 Å². The van der Waals surface area contributed by atoms with Crippen LogP contribution in [0.2, 0.25) is 0 Å². The van der Waals surface area contributed by atoms with Crippen molar-refractivity contribution in [2.45, 2.75) is 24.4 Å². The summed E-state index contributed by atoms with van der Waals surface area (Å²) in [6.07, 6.45) is 0. The molecule has 0 fully saturated rings. The van der Waals surface area contributed by atoms with Crippen LogP contribution in [0, 0.1) is 6.92 Å². The predicted octanol–water partition coefficient (Wildman–Crippen LogP) is 3.79. The number of nitrogens with one attached hydrogen (secondary N) is 1. The number of ether oxygens (including phenoxy) is 1. The van der Waals surface area contributed by atoms with Gasteiger partial charge < -0.3 is 20.4 Å². The normalized spacial score (nSPS) is 11.1. The van der Waals surface area contributed by atoms with Gasteiger partial charge in [-0.05, 0) is 30.7 Å². The molecule has 4 aromatic rings. The van der Waals surface area contributed by atoms with E-state index in [4.69, 9.17) is 15.5 Å². The van der Waals surface area contributed by atoms with Gasteiger partial charge in [-0.3, -0.25) is 0 Å². The topological polar surface area (TPSA) is 104 Å². The minimum atomic E-state index is 0.185. The van der Waals surface area contributed by atoms with Crippen molar-refractivity contribution in [3.63, 3.8) is 0 Å². The summed E-state index contributed by atoms with van der Waals surface area (Å²) in [6, 6.07) is 16.0. The highest BCUT2D eigenvalue weighted by atomic mass is 32.2. The zero-order valence-electron chi connectivity index (χ0n) is 16.9. The molecule has 0 saturated carbocycles. The molecule has 2 aromatic carbocycles. The molecule has 8 nitrogen and oxygen atoms in total. The molecule has 0 radical (unpaired) electrons. The summed E-state index contributed by atoms with van der Waals surface area (Å²) in [4.78, 5) is 17.8. The van der Waals surface area contributed by atoms with Crippen molar-refractivity contribution in [3.05, 3.63) is 59.9 Å². The highest BCUT2D eigenvalue weighted by Gasteiger charge is 2.13. The fraction of sp³-hybridized carbons (Fsp3) is 0.238. The largest absolute Gasteiger partial charge is 0.383 e. The Morgan fingerprint density at radius 3 is 2.67 bits per heavy atom. The van der Waals surface area contributed by atoms with Gasteiger partial charge >= 0.3 is 0 Å². The molecule has 0 aliphatic rings. The summed E-state index contributed by atoms with van der Waals surface area (Å²) >= 11 is 1.56. The molecule has 0 aliphatic heterocycles. The van der Waals surface area contributed by atoms with Gasteiger partial charge in [-0.2, -0.15) is 15.0 Å². The lowest BCUT2D eigenvalue weighted by Crippen LogP contribution is -2.08. The maximum absolute atomic E-state index is 5.93. The smallest absolute Gasteiger partial charge is 0.232 e. The standard InChI is InChI=1S/C21H23N7OS/c1-14-7-3-4-8-15(14)23-20-26-18(25-19(22)27-20)13-30-21-24-16-9-5-6-10-17(16)28(21)11-12-29-2/h3-10H,11-13H2,1-2H3,(H3,22,23,25,26,27). The van der Waals surface area contributed by atoms with E-state index >= 15 is 0 Å². The summed E-state index contributed by atoms with van der Waals surface area (Å²) < 4.78 is 7.42. The SMILES string of the molecule is COCCn1c(SCc2nc(N)nc(Nc3ccccc3C)n2)nc2ccccc21. The molecule has 4 rings (SSSR count). The first-order chi connectivity index (χ1) is 14.6. The number of fused-ring (bicyclic) bond motifs is 1. The second-order valence-corrected chi connectivity index (χ2v) is 7.63. The molecule has 0 aliphatic carbocycles. The van der Waals surface area contributed by atoms with Crippen LogP contribution in [0.5, 0.6) is 0 Å². The molecule has 0 unspecified atom stereocenters. The zero-order chi connectivity index (χ0) is 20.9. The van der Waals surface area contributed by atoms with Crippen LogP contribution >= 0.6 is 11.8 Å². The second-order valence-electron chi connectivity index (χ2n) is 6.69. The van der Waals surface area contributed by atoms with Crippen LogP contribution in [0.3, 0.4) is 0 Å². The summed E-state index contributed by atoms with van der Waals surface area (Å²) in [5, 5.41) is 4.11. The number of anilines is 3. The minimum Gasteiger partial charge on any atom is -0.383 e. The van der Waals surface area contributed by atoms with Gasteiger partial charge in [-0.1, -0.05) is 42.1 Å². The molecule has 0 amide bonds. The van der Waals surface area contributed by atoms with E-state index in [1.165, 1.54) is 0 Å². The van der Waals surface area contributed by atoms with Gasteiger partial charge in [0.05, 0.1) is 23.4 Å². The molecule has 3 N–H and O–H groups in total. The van der Waals surface area contributed by atoms with Crippen LogP contribution in [0.25, 0.3) is 11.0 Å². The number of hydrogen-bond acceptors (Lipinski definition) is 8. The molecule has 0 bridgehead atoms. The molecular formula is C21H23N7OS. The van der Waals surface area contributed by atoms with Gasteiger partial charge in [0.1, 0.15) is 5.82 Å². The first-order valence-corrected chi connectivity index (χ1v) is 10.5. The van der Waals surface area contributed by atoms with Crippen molar-refractivity contribution < 1.29 is 4.74 Å². The van der Waals surface area contributed by atoms with Gasteiger partial charge in [-0.25, -0.2) is 4.98 Å². The Labute approximate surface area is 178 Å². The Bertz CT molecular complexity index is 1160.